The van der Waals surface area contributed by atoms with Crippen LogP contribution in [0, 0.1) is 0 Å². The Kier molecular flexibility index (Phi) is 38.6. The van der Waals surface area contributed by atoms with E-state index in [0.717, 1.165) is 25.7 Å². The summed E-state index contributed by atoms with van der Waals surface area (Å²) in [6.07, 6.45) is 43.6. The average Bonchev–Trinajstić information content (AvgIpc) is 3.08. The number of carbonyl (C=O) groups is 1. The van der Waals surface area contributed by atoms with Crippen LogP contribution < -0.4 is 5.32 Å². The molecule has 3 atom stereocenters. The summed E-state index contributed by atoms with van der Waals surface area (Å²) >= 11 is 0. The van der Waals surface area contributed by atoms with Crippen LogP contribution in [0.2, 0.25) is 0 Å². The number of hydrogen-bond donors (Lipinski definition) is 4. The Labute approximate surface area is 300 Å². The van der Waals surface area contributed by atoms with Crippen LogP contribution in [0.3, 0.4) is 0 Å². The van der Waals surface area contributed by atoms with Gasteiger partial charge in [0.1, 0.15) is 0 Å². The van der Waals surface area contributed by atoms with Gasteiger partial charge in [-0.3, -0.25) is 4.79 Å². The molecule has 0 aromatic rings. The molecular weight excluding hydrogens is 594 g/mol. The first-order valence-electron chi connectivity index (χ1n) is 21.8. The van der Waals surface area contributed by atoms with Crippen molar-refractivity contribution in [3.63, 3.8) is 0 Å². The molecular formula is C43H87NO4. The van der Waals surface area contributed by atoms with E-state index in [1.807, 2.05) is 0 Å². The summed E-state index contributed by atoms with van der Waals surface area (Å²) < 4.78 is 0. The minimum atomic E-state index is -0.742. The third-order valence-corrected chi connectivity index (χ3v) is 10.4. The van der Waals surface area contributed by atoms with Crippen molar-refractivity contribution in [2.45, 2.75) is 263 Å². The summed E-state index contributed by atoms with van der Waals surface area (Å²) in [5.74, 6) is -0.279. The van der Waals surface area contributed by atoms with E-state index in [9.17, 15) is 20.1 Å². The van der Waals surface area contributed by atoms with Crippen LogP contribution in [-0.4, -0.2) is 46.1 Å². The molecule has 0 bridgehead atoms. The maximum Gasteiger partial charge on any atom is 0.222 e. The molecule has 0 saturated heterocycles. The van der Waals surface area contributed by atoms with E-state index in [2.05, 4.69) is 19.2 Å². The number of amides is 1. The third-order valence-electron chi connectivity index (χ3n) is 10.4. The van der Waals surface area contributed by atoms with Crippen LogP contribution in [0.25, 0.3) is 0 Å². The molecule has 0 aliphatic heterocycles. The molecule has 5 nitrogen and oxygen atoms in total. The number of aliphatic hydroxyl groups excluding tert-OH is 3. The summed E-state index contributed by atoms with van der Waals surface area (Å²) in [6, 6.07) is -0.651. The summed E-state index contributed by atoms with van der Waals surface area (Å²) in [7, 11) is 0. The molecule has 48 heavy (non-hydrogen) atoms. The van der Waals surface area contributed by atoms with Crippen molar-refractivity contribution in [3.8, 4) is 0 Å². The quantitative estimate of drug-likeness (QED) is 0.0485. The van der Waals surface area contributed by atoms with Gasteiger partial charge in [-0.25, -0.2) is 0 Å². The molecule has 4 N–H and O–H groups in total. The number of carbonyl (C=O) groups excluding carboxylic acids is 1. The lowest BCUT2D eigenvalue weighted by atomic mass is 10.0. The third kappa shape index (κ3) is 35.2. The fourth-order valence-corrected chi connectivity index (χ4v) is 7.05. The first-order valence-corrected chi connectivity index (χ1v) is 21.8. The first-order chi connectivity index (χ1) is 23.5. The molecule has 0 spiro atoms. The van der Waals surface area contributed by atoms with Gasteiger partial charge in [0.2, 0.25) is 5.91 Å². The average molecular weight is 682 g/mol. The zero-order chi connectivity index (χ0) is 35.2. The molecule has 0 fully saturated rings. The standard InChI is InChI=1S/C43H87NO4/c1-3-5-7-9-11-13-15-16-17-18-19-20-21-22-23-24-25-27-28-30-32-34-36-40(46)38-43(48)44-41(39-45)42(47)37-35-33-31-29-26-14-12-10-8-6-4-2/h40-42,45-47H,3-39H2,1-2H3,(H,44,48). The monoisotopic (exact) mass is 682 g/mol. The number of hydrogen-bond acceptors (Lipinski definition) is 4. The molecule has 0 saturated carbocycles. The fraction of sp³-hybridized carbons (Fsp3) is 0.977. The minimum absolute atomic E-state index is 0.0426. The lowest BCUT2D eigenvalue weighted by Crippen LogP contribution is -2.46. The van der Waals surface area contributed by atoms with E-state index in [1.54, 1.807) is 0 Å². The van der Waals surface area contributed by atoms with Gasteiger partial charge < -0.3 is 20.6 Å². The predicted molar refractivity (Wildman–Crippen MR) is 209 cm³/mol. The SMILES string of the molecule is CCCCCCCCCCCCCCCCCCCCCCCCC(O)CC(=O)NC(CO)C(O)CCCCCCCCCCCCC. The van der Waals surface area contributed by atoms with Gasteiger partial charge in [0.05, 0.1) is 31.3 Å². The number of aliphatic hydroxyl groups is 3. The highest BCUT2D eigenvalue weighted by atomic mass is 16.3. The Morgan fingerprint density at radius 1 is 0.438 bits per heavy atom. The zero-order valence-electron chi connectivity index (χ0n) is 32.6. The smallest absolute Gasteiger partial charge is 0.222 e. The van der Waals surface area contributed by atoms with Crippen molar-refractivity contribution in [2.24, 2.45) is 0 Å². The summed E-state index contributed by atoms with van der Waals surface area (Å²) in [5, 5.41) is 33.3. The molecule has 0 radical (unpaired) electrons. The van der Waals surface area contributed by atoms with Gasteiger partial charge in [-0.15, -0.1) is 0 Å². The van der Waals surface area contributed by atoms with Crippen molar-refractivity contribution >= 4 is 5.91 Å². The second kappa shape index (κ2) is 39.1. The highest BCUT2D eigenvalue weighted by molar-refractivity contribution is 5.76. The van der Waals surface area contributed by atoms with Crippen LogP contribution in [0.4, 0.5) is 0 Å². The second-order valence-electron chi connectivity index (χ2n) is 15.3. The van der Waals surface area contributed by atoms with Crippen molar-refractivity contribution in [3.05, 3.63) is 0 Å². The maximum atomic E-state index is 12.4. The van der Waals surface area contributed by atoms with E-state index in [1.165, 1.54) is 186 Å². The summed E-state index contributed by atoms with van der Waals surface area (Å²) in [5.41, 5.74) is 0. The van der Waals surface area contributed by atoms with Crippen molar-refractivity contribution in [1.29, 1.82) is 0 Å². The molecule has 0 aliphatic carbocycles. The predicted octanol–water partition coefficient (Wildman–Crippen LogP) is 12.3. The molecule has 0 heterocycles. The van der Waals surface area contributed by atoms with E-state index in [-0.39, 0.29) is 18.9 Å². The van der Waals surface area contributed by atoms with Crippen LogP contribution in [0.1, 0.15) is 245 Å². The van der Waals surface area contributed by atoms with Gasteiger partial charge in [-0.05, 0) is 12.8 Å². The molecule has 5 heteroatoms. The van der Waals surface area contributed by atoms with E-state index in [0.29, 0.717) is 12.8 Å². The van der Waals surface area contributed by atoms with E-state index >= 15 is 0 Å². The highest BCUT2D eigenvalue weighted by Gasteiger charge is 2.21. The van der Waals surface area contributed by atoms with E-state index < -0.39 is 18.2 Å². The van der Waals surface area contributed by atoms with Gasteiger partial charge in [-0.1, -0.05) is 226 Å². The molecule has 0 rings (SSSR count). The van der Waals surface area contributed by atoms with Gasteiger partial charge >= 0.3 is 0 Å². The lowest BCUT2D eigenvalue weighted by Gasteiger charge is -2.23. The van der Waals surface area contributed by atoms with Gasteiger partial charge in [-0.2, -0.15) is 0 Å². The lowest BCUT2D eigenvalue weighted by molar-refractivity contribution is -0.125. The molecule has 0 aliphatic rings. The topological polar surface area (TPSA) is 89.8 Å². The molecule has 0 aromatic carbocycles. The Morgan fingerprint density at radius 2 is 0.708 bits per heavy atom. The Bertz CT molecular complexity index is 630. The van der Waals surface area contributed by atoms with Gasteiger partial charge in [0, 0.05) is 0 Å². The second-order valence-corrected chi connectivity index (χ2v) is 15.3. The Balaban J connectivity index is 3.53. The minimum Gasteiger partial charge on any atom is -0.394 e. The van der Waals surface area contributed by atoms with Crippen molar-refractivity contribution in [2.75, 3.05) is 6.61 Å². The number of rotatable bonds is 40. The zero-order valence-corrected chi connectivity index (χ0v) is 32.6. The van der Waals surface area contributed by atoms with Crippen LogP contribution in [-0.2, 0) is 4.79 Å². The Morgan fingerprint density at radius 3 is 1.00 bits per heavy atom. The van der Waals surface area contributed by atoms with Crippen LogP contribution in [0.5, 0.6) is 0 Å². The first kappa shape index (κ1) is 47.4. The molecule has 3 unspecified atom stereocenters. The van der Waals surface area contributed by atoms with Gasteiger partial charge in [0.25, 0.3) is 0 Å². The van der Waals surface area contributed by atoms with Crippen LogP contribution in [0.15, 0.2) is 0 Å². The van der Waals surface area contributed by atoms with Crippen molar-refractivity contribution in [1.82, 2.24) is 5.32 Å². The molecule has 1 amide bonds. The molecule has 0 aromatic heterocycles. The Hall–Kier alpha value is -0.650. The molecule has 288 valence electrons. The van der Waals surface area contributed by atoms with Crippen LogP contribution >= 0.6 is 0 Å². The van der Waals surface area contributed by atoms with Gasteiger partial charge in [0.15, 0.2) is 0 Å². The van der Waals surface area contributed by atoms with E-state index in [4.69, 9.17) is 0 Å². The normalized spacial score (nSPS) is 13.5. The maximum absolute atomic E-state index is 12.4. The summed E-state index contributed by atoms with van der Waals surface area (Å²) in [4.78, 5) is 12.4. The van der Waals surface area contributed by atoms with Crippen molar-refractivity contribution < 1.29 is 20.1 Å². The number of nitrogens with one attached hydrogen (secondary N) is 1. The summed E-state index contributed by atoms with van der Waals surface area (Å²) in [6.45, 7) is 4.27. The fourth-order valence-electron chi connectivity index (χ4n) is 7.05. The number of unbranched alkanes of at least 4 members (excludes halogenated alkanes) is 31. The highest BCUT2D eigenvalue weighted by Crippen LogP contribution is 2.17. The largest absolute Gasteiger partial charge is 0.394 e.